The molecule has 1 aromatic carbocycles. The Kier molecular flexibility index (Phi) is 3.28. The van der Waals surface area contributed by atoms with Crippen LogP contribution in [-0.2, 0) is 17.8 Å². The largest absolute Gasteiger partial charge is 0.325 e. The van der Waals surface area contributed by atoms with E-state index in [1.54, 1.807) is 4.90 Å². The number of carbonyl (C=O) groups excluding carboxylic acids is 1. The van der Waals surface area contributed by atoms with E-state index in [1.165, 1.54) is 0 Å². The van der Waals surface area contributed by atoms with Crippen LogP contribution < -0.4 is 10.6 Å². The lowest BCUT2D eigenvalue weighted by atomic mass is 10.0. The van der Waals surface area contributed by atoms with E-state index in [2.05, 4.69) is 5.10 Å². The van der Waals surface area contributed by atoms with Gasteiger partial charge in [0.1, 0.15) is 5.82 Å². The molecule has 104 valence electrons. The van der Waals surface area contributed by atoms with Crippen LogP contribution in [0.2, 0.25) is 0 Å². The number of rotatable bonds is 3. The molecule has 0 radical (unpaired) electrons. The van der Waals surface area contributed by atoms with Crippen LogP contribution in [0.25, 0.3) is 5.69 Å². The van der Waals surface area contributed by atoms with Gasteiger partial charge in [-0.05, 0) is 25.5 Å². The van der Waals surface area contributed by atoms with Gasteiger partial charge in [-0.3, -0.25) is 9.69 Å². The van der Waals surface area contributed by atoms with Crippen molar-refractivity contribution < 1.29 is 4.79 Å². The summed E-state index contributed by atoms with van der Waals surface area (Å²) < 4.78 is 1.85. The Labute approximate surface area is 118 Å². The minimum absolute atomic E-state index is 0.153. The smallest absolute Gasteiger partial charge is 0.228 e. The SMILES string of the molecule is CCN1C(=O)CCc2c(CN)nn(-c3ccccc3)c21. The predicted octanol–water partition coefficient (Wildman–Crippen LogP) is 1.63. The maximum absolute atomic E-state index is 12.1. The van der Waals surface area contributed by atoms with E-state index in [0.29, 0.717) is 19.5 Å². The summed E-state index contributed by atoms with van der Waals surface area (Å²) in [4.78, 5) is 13.9. The van der Waals surface area contributed by atoms with E-state index in [0.717, 1.165) is 29.2 Å². The van der Waals surface area contributed by atoms with Gasteiger partial charge in [0.25, 0.3) is 0 Å². The van der Waals surface area contributed by atoms with E-state index in [4.69, 9.17) is 5.73 Å². The average Bonchev–Trinajstić information content (AvgIpc) is 2.87. The van der Waals surface area contributed by atoms with E-state index in [9.17, 15) is 4.79 Å². The third-order valence-corrected chi connectivity index (χ3v) is 3.70. The quantitative estimate of drug-likeness (QED) is 0.922. The number of hydrogen-bond donors (Lipinski definition) is 1. The number of para-hydroxylation sites is 1. The lowest BCUT2D eigenvalue weighted by Crippen LogP contribution is -2.36. The van der Waals surface area contributed by atoms with Gasteiger partial charge in [0.2, 0.25) is 5.91 Å². The van der Waals surface area contributed by atoms with Crippen molar-refractivity contribution in [2.24, 2.45) is 5.73 Å². The Balaban J connectivity index is 2.21. The summed E-state index contributed by atoms with van der Waals surface area (Å²) in [5.41, 5.74) is 8.76. The Hall–Kier alpha value is -2.14. The molecule has 20 heavy (non-hydrogen) atoms. The minimum Gasteiger partial charge on any atom is -0.325 e. The maximum atomic E-state index is 12.1. The molecule has 0 saturated carbocycles. The van der Waals surface area contributed by atoms with E-state index in [1.807, 2.05) is 41.9 Å². The number of amides is 1. The summed E-state index contributed by atoms with van der Waals surface area (Å²) in [6.45, 7) is 3.03. The van der Waals surface area contributed by atoms with E-state index >= 15 is 0 Å². The van der Waals surface area contributed by atoms with Gasteiger partial charge in [-0.15, -0.1) is 0 Å². The molecule has 0 spiro atoms. The lowest BCUT2D eigenvalue weighted by Gasteiger charge is -2.27. The summed E-state index contributed by atoms with van der Waals surface area (Å²) in [6, 6.07) is 9.87. The fraction of sp³-hybridized carbons (Fsp3) is 0.333. The van der Waals surface area contributed by atoms with Crippen molar-refractivity contribution in [3.05, 3.63) is 41.6 Å². The van der Waals surface area contributed by atoms with E-state index < -0.39 is 0 Å². The van der Waals surface area contributed by atoms with Crippen LogP contribution in [-0.4, -0.2) is 22.2 Å². The molecule has 0 aliphatic carbocycles. The molecule has 1 aliphatic heterocycles. The Morgan fingerprint density at radius 1 is 1.25 bits per heavy atom. The van der Waals surface area contributed by atoms with E-state index in [-0.39, 0.29) is 5.91 Å². The topological polar surface area (TPSA) is 64.2 Å². The molecule has 2 heterocycles. The predicted molar refractivity (Wildman–Crippen MR) is 77.8 cm³/mol. The fourth-order valence-corrected chi connectivity index (χ4v) is 2.74. The summed E-state index contributed by atoms with van der Waals surface area (Å²) in [7, 11) is 0. The van der Waals surface area contributed by atoms with Crippen molar-refractivity contribution in [3.63, 3.8) is 0 Å². The van der Waals surface area contributed by atoms with Gasteiger partial charge >= 0.3 is 0 Å². The van der Waals surface area contributed by atoms with Crippen LogP contribution in [0.4, 0.5) is 5.82 Å². The zero-order chi connectivity index (χ0) is 14.1. The molecular weight excluding hydrogens is 252 g/mol. The first-order chi connectivity index (χ1) is 9.76. The highest BCUT2D eigenvalue weighted by Gasteiger charge is 2.30. The number of hydrogen-bond acceptors (Lipinski definition) is 3. The summed E-state index contributed by atoms with van der Waals surface area (Å²) in [5.74, 6) is 1.04. The number of fused-ring (bicyclic) bond motifs is 1. The van der Waals surface area contributed by atoms with Crippen molar-refractivity contribution in [2.45, 2.75) is 26.3 Å². The summed E-state index contributed by atoms with van der Waals surface area (Å²) >= 11 is 0. The molecule has 0 saturated heterocycles. The molecule has 0 atom stereocenters. The molecule has 0 bridgehead atoms. The first-order valence-electron chi connectivity index (χ1n) is 6.93. The van der Waals surface area contributed by atoms with Gasteiger partial charge in [-0.25, -0.2) is 4.68 Å². The van der Waals surface area contributed by atoms with Crippen molar-refractivity contribution in [1.82, 2.24) is 9.78 Å². The first-order valence-corrected chi connectivity index (χ1v) is 6.93. The second-order valence-corrected chi connectivity index (χ2v) is 4.84. The molecule has 5 nitrogen and oxygen atoms in total. The van der Waals surface area contributed by atoms with Gasteiger partial charge in [-0.1, -0.05) is 18.2 Å². The molecule has 1 aromatic heterocycles. The van der Waals surface area contributed by atoms with Crippen LogP contribution in [0, 0.1) is 0 Å². The van der Waals surface area contributed by atoms with Crippen molar-refractivity contribution >= 4 is 11.7 Å². The van der Waals surface area contributed by atoms with Gasteiger partial charge in [0, 0.05) is 25.1 Å². The number of nitrogens with two attached hydrogens (primary N) is 1. The van der Waals surface area contributed by atoms with Gasteiger partial charge in [0.15, 0.2) is 0 Å². The van der Waals surface area contributed by atoms with Crippen LogP contribution >= 0.6 is 0 Å². The normalized spacial score (nSPS) is 14.5. The summed E-state index contributed by atoms with van der Waals surface area (Å²) in [6.07, 6.45) is 1.26. The molecule has 0 unspecified atom stereocenters. The number of aromatic nitrogens is 2. The zero-order valence-electron chi connectivity index (χ0n) is 11.5. The Bertz CT molecular complexity index is 633. The van der Waals surface area contributed by atoms with Gasteiger partial charge < -0.3 is 5.73 Å². The fourth-order valence-electron chi connectivity index (χ4n) is 2.74. The zero-order valence-corrected chi connectivity index (χ0v) is 11.5. The van der Waals surface area contributed by atoms with Crippen LogP contribution in [0.1, 0.15) is 24.6 Å². The maximum Gasteiger partial charge on any atom is 0.228 e. The highest BCUT2D eigenvalue weighted by Crippen LogP contribution is 2.32. The Morgan fingerprint density at radius 3 is 2.65 bits per heavy atom. The summed E-state index contributed by atoms with van der Waals surface area (Å²) in [5, 5.41) is 4.61. The molecule has 2 aromatic rings. The monoisotopic (exact) mass is 270 g/mol. The molecule has 0 fully saturated rings. The third kappa shape index (κ3) is 1.91. The standard InChI is InChI=1S/C15H18N4O/c1-2-18-14(20)9-8-12-13(10-16)17-19(15(12)18)11-6-4-3-5-7-11/h3-7H,2,8-10,16H2,1H3. The molecular formula is C15H18N4O. The van der Waals surface area contributed by atoms with Gasteiger partial charge in [-0.2, -0.15) is 5.10 Å². The molecule has 3 rings (SSSR count). The highest BCUT2D eigenvalue weighted by molar-refractivity contribution is 5.96. The van der Waals surface area contributed by atoms with Gasteiger partial charge in [0.05, 0.1) is 11.4 Å². The highest BCUT2D eigenvalue weighted by atomic mass is 16.2. The van der Waals surface area contributed by atoms with Crippen LogP contribution in [0.3, 0.4) is 0 Å². The molecule has 5 heteroatoms. The number of nitrogens with zero attached hydrogens (tertiary/aromatic N) is 3. The molecule has 2 N–H and O–H groups in total. The average molecular weight is 270 g/mol. The second-order valence-electron chi connectivity index (χ2n) is 4.84. The van der Waals surface area contributed by atoms with Crippen molar-refractivity contribution in [1.29, 1.82) is 0 Å². The number of benzene rings is 1. The first kappa shape index (κ1) is 12.9. The lowest BCUT2D eigenvalue weighted by molar-refractivity contribution is -0.118. The second kappa shape index (κ2) is 5.09. The third-order valence-electron chi connectivity index (χ3n) is 3.70. The number of anilines is 1. The minimum atomic E-state index is 0.153. The Morgan fingerprint density at radius 2 is 2.00 bits per heavy atom. The molecule has 1 aliphatic rings. The van der Waals surface area contributed by atoms with Crippen LogP contribution in [0.15, 0.2) is 30.3 Å². The van der Waals surface area contributed by atoms with Crippen molar-refractivity contribution in [3.8, 4) is 5.69 Å². The molecule has 1 amide bonds. The van der Waals surface area contributed by atoms with Crippen molar-refractivity contribution in [2.75, 3.05) is 11.4 Å². The number of carbonyl (C=O) groups is 1. The van der Waals surface area contributed by atoms with Crippen LogP contribution in [0.5, 0.6) is 0 Å².